The van der Waals surface area contributed by atoms with Crippen molar-refractivity contribution in [2.75, 3.05) is 5.75 Å². The molecule has 1 aromatic heterocycles. The molecule has 5 nitrogen and oxygen atoms in total. The number of nitrogens with zero attached hydrogens (tertiary/aromatic N) is 3. The highest BCUT2D eigenvalue weighted by Crippen LogP contribution is 2.31. The maximum absolute atomic E-state index is 11.2. The van der Waals surface area contributed by atoms with Crippen molar-refractivity contribution in [3.63, 3.8) is 0 Å². The Kier molecular flexibility index (Phi) is 5.37. The smallest absolute Gasteiger partial charge is 0.227 e. The molecule has 0 fully saturated rings. The van der Waals surface area contributed by atoms with E-state index in [0.29, 0.717) is 5.16 Å². The summed E-state index contributed by atoms with van der Waals surface area (Å²) in [5.41, 5.74) is 9.74. The van der Waals surface area contributed by atoms with Gasteiger partial charge < -0.3 is 5.73 Å². The number of thioether (sulfide) groups is 1. The quantitative estimate of drug-likeness (QED) is 0.676. The largest absolute Gasteiger partial charge is 0.369 e. The lowest BCUT2D eigenvalue weighted by Gasteiger charge is -2.19. The van der Waals surface area contributed by atoms with E-state index in [4.69, 9.17) is 5.73 Å². The zero-order valence-corrected chi connectivity index (χ0v) is 16.9. The normalized spacial score (nSPS) is 11.6. The van der Waals surface area contributed by atoms with Crippen LogP contribution in [0, 0.1) is 6.92 Å². The Morgan fingerprint density at radius 1 is 1.07 bits per heavy atom. The number of carbonyl (C=O) groups is 1. The monoisotopic (exact) mass is 380 g/mol. The molecular formula is C21H24N4OS. The van der Waals surface area contributed by atoms with Gasteiger partial charge in [-0.15, -0.1) is 10.2 Å². The Balaban J connectivity index is 2.10. The summed E-state index contributed by atoms with van der Waals surface area (Å²) in [6.07, 6.45) is 0. The van der Waals surface area contributed by atoms with Gasteiger partial charge in [-0.25, -0.2) is 0 Å². The molecule has 0 spiro atoms. The number of aromatic nitrogens is 3. The van der Waals surface area contributed by atoms with E-state index in [9.17, 15) is 4.79 Å². The maximum Gasteiger partial charge on any atom is 0.227 e. The molecule has 0 bridgehead atoms. The summed E-state index contributed by atoms with van der Waals surface area (Å²) in [4.78, 5) is 11.2. The van der Waals surface area contributed by atoms with Gasteiger partial charge in [0, 0.05) is 5.56 Å². The zero-order chi connectivity index (χ0) is 19.6. The number of carbonyl (C=O) groups excluding carboxylic acids is 1. The van der Waals surface area contributed by atoms with Gasteiger partial charge in [0.2, 0.25) is 5.91 Å². The lowest BCUT2D eigenvalue weighted by atomic mass is 9.87. The molecule has 0 radical (unpaired) electrons. The van der Waals surface area contributed by atoms with Crippen LogP contribution in [0.4, 0.5) is 0 Å². The van der Waals surface area contributed by atoms with Gasteiger partial charge in [-0.2, -0.15) is 0 Å². The molecule has 3 aromatic rings. The van der Waals surface area contributed by atoms with Gasteiger partial charge in [-0.1, -0.05) is 75.0 Å². The van der Waals surface area contributed by atoms with Gasteiger partial charge in [-0.05, 0) is 29.5 Å². The fourth-order valence-electron chi connectivity index (χ4n) is 2.84. The van der Waals surface area contributed by atoms with Crippen LogP contribution in [0.2, 0.25) is 0 Å². The first-order valence-electron chi connectivity index (χ1n) is 8.81. The highest BCUT2D eigenvalue weighted by atomic mass is 32.2. The Morgan fingerprint density at radius 2 is 1.74 bits per heavy atom. The van der Waals surface area contributed by atoms with Gasteiger partial charge in [0.15, 0.2) is 11.0 Å². The SMILES string of the molecule is Cc1ccccc1-n1c(SCC(N)=O)nnc1-c1ccc(C(C)(C)C)cc1. The first-order chi connectivity index (χ1) is 12.8. The van der Waals surface area contributed by atoms with Gasteiger partial charge in [0.05, 0.1) is 11.4 Å². The second kappa shape index (κ2) is 7.56. The number of aryl methyl sites for hydroxylation is 1. The predicted molar refractivity (Wildman–Crippen MR) is 110 cm³/mol. The molecule has 0 atom stereocenters. The molecule has 27 heavy (non-hydrogen) atoms. The summed E-state index contributed by atoms with van der Waals surface area (Å²) in [7, 11) is 0. The van der Waals surface area contributed by atoms with Crippen molar-refractivity contribution in [3.05, 3.63) is 59.7 Å². The lowest BCUT2D eigenvalue weighted by molar-refractivity contribution is -0.115. The molecule has 0 saturated carbocycles. The van der Waals surface area contributed by atoms with Crippen LogP contribution in [-0.4, -0.2) is 26.4 Å². The molecule has 1 heterocycles. The molecule has 0 aliphatic heterocycles. The number of nitrogens with two attached hydrogens (primary N) is 1. The number of para-hydroxylation sites is 1. The summed E-state index contributed by atoms with van der Waals surface area (Å²) >= 11 is 1.30. The van der Waals surface area contributed by atoms with E-state index in [1.54, 1.807) is 0 Å². The van der Waals surface area contributed by atoms with Gasteiger partial charge >= 0.3 is 0 Å². The third-order valence-electron chi connectivity index (χ3n) is 4.34. The highest BCUT2D eigenvalue weighted by Gasteiger charge is 2.19. The van der Waals surface area contributed by atoms with E-state index in [1.165, 1.54) is 17.3 Å². The summed E-state index contributed by atoms with van der Waals surface area (Å²) in [6, 6.07) is 16.5. The van der Waals surface area contributed by atoms with Crippen molar-refractivity contribution in [2.45, 2.75) is 38.3 Å². The molecule has 140 valence electrons. The molecule has 1 amide bonds. The summed E-state index contributed by atoms with van der Waals surface area (Å²) in [5, 5.41) is 9.39. The van der Waals surface area contributed by atoms with E-state index < -0.39 is 0 Å². The van der Waals surface area contributed by atoms with Crippen molar-refractivity contribution in [3.8, 4) is 17.1 Å². The third-order valence-corrected chi connectivity index (χ3v) is 5.29. The van der Waals surface area contributed by atoms with Crippen LogP contribution < -0.4 is 5.73 Å². The highest BCUT2D eigenvalue weighted by molar-refractivity contribution is 7.99. The summed E-state index contributed by atoms with van der Waals surface area (Å²) < 4.78 is 2.00. The Hall–Kier alpha value is -2.60. The number of primary amides is 1. The summed E-state index contributed by atoms with van der Waals surface area (Å²) in [6.45, 7) is 8.62. The fourth-order valence-corrected chi connectivity index (χ4v) is 3.52. The van der Waals surface area contributed by atoms with Crippen LogP contribution in [0.15, 0.2) is 53.7 Å². The number of hydrogen-bond donors (Lipinski definition) is 1. The third kappa shape index (κ3) is 4.22. The van der Waals surface area contributed by atoms with Crippen LogP contribution in [-0.2, 0) is 10.2 Å². The molecule has 0 aliphatic carbocycles. The molecule has 3 rings (SSSR count). The van der Waals surface area contributed by atoms with Crippen molar-refractivity contribution < 1.29 is 4.79 Å². The lowest BCUT2D eigenvalue weighted by Crippen LogP contribution is -2.14. The first kappa shape index (κ1) is 19.2. The van der Waals surface area contributed by atoms with Crippen molar-refractivity contribution in [2.24, 2.45) is 5.73 Å². The minimum absolute atomic E-state index is 0.0880. The molecule has 2 aromatic carbocycles. The average molecular weight is 381 g/mol. The van der Waals surface area contributed by atoms with E-state index in [-0.39, 0.29) is 17.1 Å². The second-order valence-corrected chi connectivity index (χ2v) is 8.45. The average Bonchev–Trinajstić information content (AvgIpc) is 3.03. The molecular weight excluding hydrogens is 356 g/mol. The zero-order valence-electron chi connectivity index (χ0n) is 16.1. The standard InChI is InChI=1S/C21H24N4OS/c1-14-7-5-6-8-17(14)25-19(23-24-20(25)27-13-18(22)26)15-9-11-16(12-10-15)21(2,3)4/h5-12H,13H2,1-4H3,(H2,22,26). The molecule has 0 saturated heterocycles. The number of hydrogen-bond acceptors (Lipinski definition) is 4. The van der Waals surface area contributed by atoms with E-state index in [0.717, 1.165) is 22.6 Å². The van der Waals surface area contributed by atoms with E-state index in [2.05, 4.69) is 55.2 Å². The number of rotatable bonds is 5. The van der Waals surface area contributed by atoms with Crippen LogP contribution in [0.5, 0.6) is 0 Å². The maximum atomic E-state index is 11.2. The molecule has 0 aliphatic rings. The Labute approximate surface area is 164 Å². The minimum Gasteiger partial charge on any atom is -0.369 e. The number of benzene rings is 2. The van der Waals surface area contributed by atoms with Crippen LogP contribution in [0.3, 0.4) is 0 Å². The summed E-state index contributed by atoms with van der Waals surface area (Å²) in [5.74, 6) is 0.527. The Bertz CT molecular complexity index is 955. The van der Waals surface area contributed by atoms with Crippen LogP contribution in [0.1, 0.15) is 31.9 Å². The van der Waals surface area contributed by atoms with E-state index >= 15 is 0 Å². The van der Waals surface area contributed by atoms with Crippen LogP contribution >= 0.6 is 11.8 Å². The predicted octanol–water partition coefficient (Wildman–Crippen LogP) is 4.12. The van der Waals surface area contributed by atoms with Crippen molar-refractivity contribution in [1.82, 2.24) is 14.8 Å². The molecule has 2 N–H and O–H groups in total. The minimum atomic E-state index is -0.379. The topological polar surface area (TPSA) is 73.8 Å². The van der Waals surface area contributed by atoms with Gasteiger partial charge in [0.1, 0.15) is 0 Å². The number of amides is 1. The Morgan fingerprint density at radius 3 is 2.33 bits per heavy atom. The van der Waals surface area contributed by atoms with E-state index in [1.807, 2.05) is 35.8 Å². The van der Waals surface area contributed by atoms with Gasteiger partial charge in [0.25, 0.3) is 0 Å². The van der Waals surface area contributed by atoms with Crippen LogP contribution in [0.25, 0.3) is 17.1 Å². The fraction of sp³-hybridized carbons (Fsp3) is 0.286. The van der Waals surface area contributed by atoms with Crippen molar-refractivity contribution in [1.29, 1.82) is 0 Å². The first-order valence-corrected chi connectivity index (χ1v) is 9.79. The molecule has 0 unspecified atom stereocenters. The van der Waals surface area contributed by atoms with Gasteiger partial charge in [-0.3, -0.25) is 9.36 Å². The molecule has 6 heteroatoms. The second-order valence-electron chi connectivity index (χ2n) is 7.51. The van der Waals surface area contributed by atoms with Crippen molar-refractivity contribution >= 4 is 17.7 Å².